The Hall–Kier alpha value is -1.06. The Morgan fingerprint density at radius 2 is 2.25 bits per heavy atom. The molecule has 3 nitrogen and oxygen atoms in total. The van der Waals surface area contributed by atoms with Gasteiger partial charge in [-0.2, -0.15) is 0 Å². The number of benzene rings is 1. The minimum Gasteiger partial charge on any atom is -0.491 e. The normalized spacial score (nSPS) is 12.4. The van der Waals surface area contributed by atoms with Crippen LogP contribution in [0.5, 0.6) is 5.75 Å². The molecular formula is C13H21NO2. The molecule has 0 fully saturated rings. The van der Waals surface area contributed by atoms with Crippen LogP contribution in [-0.4, -0.2) is 30.9 Å². The van der Waals surface area contributed by atoms with E-state index in [-0.39, 0.29) is 0 Å². The minimum atomic E-state index is -0.452. The molecule has 0 radical (unpaired) electrons. The van der Waals surface area contributed by atoms with Crippen LogP contribution in [0.3, 0.4) is 0 Å². The second-order valence-electron chi connectivity index (χ2n) is 3.99. The van der Waals surface area contributed by atoms with Crippen LogP contribution in [0.25, 0.3) is 0 Å². The standard InChI is InChI=1S/C13H21NO2/c1-3-7-14-9-12(15)10-16-13-6-4-5-11(2)8-13/h4-6,8,12,14-15H,3,7,9-10H2,1-2H3. The maximum Gasteiger partial charge on any atom is 0.119 e. The summed E-state index contributed by atoms with van der Waals surface area (Å²) in [4.78, 5) is 0. The summed E-state index contributed by atoms with van der Waals surface area (Å²) in [5.41, 5.74) is 1.16. The van der Waals surface area contributed by atoms with Gasteiger partial charge in [0.2, 0.25) is 0 Å². The molecule has 0 saturated heterocycles. The average Bonchev–Trinajstić information content (AvgIpc) is 2.27. The van der Waals surface area contributed by atoms with Crippen molar-refractivity contribution in [2.45, 2.75) is 26.4 Å². The Kier molecular flexibility index (Phi) is 5.90. The monoisotopic (exact) mass is 223 g/mol. The van der Waals surface area contributed by atoms with Crippen molar-refractivity contribution in [3.05, 3.63) is 29.8 Å². The molecule has 0 bridgehead atoms. The summed E-state index contributed by atoms with van der Waals surface area (Å²) in [5.74, 6) is 0.814. The molecule has 0 aliphatic carbocycles. The fourth-order valence-electron chi connectivity index (χ4n) is 1.40. The maximum atomic E-state index is 9.62. The Balaban J connectivity index is 2.23. The number of hydrogen-bond acceptors (Lipinski definition) is 3. The van der Waals surface area contributed by atoms with Gasteiger partial charge in [-0.3, -0.25) is 0 Å². The second-order valence-corrected chi connectivity index (χ2v) is 3.99. The first-order chi connectivity index (χ1) is 7.72. The van der Waals surface area contributed by atoms with Crippen molar-refractivity contribution >= 4 is 0 Å². The number of aryl methyl sites for hydroxylation is 1. The van der Waals surface area contributed by atoms with Crippen LogP contribution in [0.1, 0.15) is 18.9 Å². The van der Waals surface area contributed by atoms with E-state index in [1.54, 1.807) is 0 Å². The zero-order valence-corrected chi connectivity index (χ0v) is 10.1. The van der Waals surface area contributed by atoms with E-state index < -0.39 is 6.10 Å². The number of hydrogen-bond donors (Lipinski definition) is 2. The van der Waals surface area contributed by atoms with Crippen LogP contribution in [0.2, 0.25) is 0 Å². The fraction of sp³-hybridized carbons (Fsp3) is 0.538. The van der Waals surface area contributed by atoms with Gasteiger partial charge in [-0.25, -0.2) is 0 Å². The third-order valence-electron chi connectivity index (χ3n) is 2.24. The van der Waals surface area contributed by atoms with E-state index in [1.807, 2.05) is 31.2 Å². The molecule has 0 saturated carbocycles. The predicted molar refractivity (Wildman–Crippen MR) is 65.8 cm³/mol. The van der Waals surface area contributed by atoms with E-state index in [4.69, 9.17) is 4.74 Å². The lowest BCUT2D eigenvalue weighted by Gasteiger charge is -2.13. The Bertz CT molecular complexity index is 302. The van der Waals surface area contributed by atoms with Crippen LogP contribution < -0.4 is 10.1 Å². The Morgan fingerprint density at radius 3 is 2.94 bits per heavy atom. The van der Waals surface area contributed by atoms with Gasteiger partial charge in [-0.15, -0.1) is 0 Å². The molecule has 1 atom stereocenters. The van der Waals surface area contributed by atoms with Crippen molar-refractivity contribution < 1.29 is 9.84 Å². The summed E-state index contributed by atoms with van der Waals surface area (Å²) in [7, 11) is 0. The zero-order chi connectivity index (χ0) is 11.8. The predicted octanol–water partition coefficient (Wildman–Crippen LogP) is 1.73. The van der Waals surface area contributed by atoms with E-state index in [1.165, 1.54) is 0 Å². The number of aliphatic hydroxyl groups is 1. The SMILES string of the molecule is CCCNCC(O)COc1cccc(C)c1. The zero-order valence-electron chi connectivity index (χ0n) is 10.1. The molecule has 3 heteroatoms. The topological polar surface area (TPSA) is 41.5 Å². The third-order valence-corrected chi connectivity index (χ3v) is 2.24. The lowest BCUT2D eigenvalue weighted by molar-refractivity contribution is 0.106. The molecule has 0 spiro atoms. The van der Waals surface area contributed by atoms with Gasteiger partial charge in [0, 0.05) is 6.54 Å². The van der Waals surface area contributed by atoms with E-state index in [2.05, 4.69) is 12.2 Å². The van der Waals surface area contributed by atoms with Crippen molar-refractivity contribution in [1.82, 2.24) is 5.32 Å². The highest BCUT2D eigenvalue weighted by atomic mass is 16.5. The van der Waals surface area contributed by atoms with Crippen molar-refractivity contribution in [1.29, 1.82) is 0 Å². The van der Waals surface area contributed by atoms with E-state index in [9.17, 15) is 5.11 Å². The maximum absolute atomic E-state index is 9.62. The molecule has 1 unspecified atom stereocenters. The highest BCUT2D eigenvalue weighted by Gasteiger charge is 2.04. The van der Waals surface area contributed by atoms with Crippen LogP contribution in [0, 0.1) is 6.92 Å². The summed E-state index contributed by atoms with van der Waals surface area (Å²) in [6.07, 6.45) is 0.623. The first-order valence-electron chi connectivity index (χ1n) is 5.80. The quantitative estimate of drug-likeness (QED) is 0.692. The molecule has 2 N–H and O–H groups in total. The van der Waals surface area contributed by atoms with Crippen molar-refractivity contribution in [3.8, 4) is 5.75 Å². The largest absolute Gasteiger partial charge is 0.491 e. The lowest BCUT2D eigenvalue weighted by atomic mass is 10.2. The van der Waals surface area contributed by atoms with Crippen molar-refractivity contribution in [2.24, 2.45) is 0 Å². The van der Waals surface area contributed by atoms with Crippen LogP contribution in [0.4, 0.5) is 0 Å². The highest BCUT2D eigenvalue weighted by Crippen LogP contribution is 2.12. The number of aliphatic hydroxyl groups excluding tert-OH is 1. The number of rotatable bonds is 7. The smallest absolute Gasteiger partial charge is 0.119 e. The molecule has 90 valence electrons. The van der Waals surface area contributed by atoms with Gasteiger partial charge in [0.05, 0.1) is 0 Å². The highest BCUT2D eigenvalue weighted by molar-refractivity contribution is 5.27. The van der Waals surface area contributed by atoms with Crippen molar-refractivity contribution in [3.63, 3.8) is 0 Å². The summed E-state index contributed by atoms with van der Waals surface area (Å²) in [5, 5.41) is 12.8. The van der Waals surface area contributed by atoms with Crippen LogP contribution in [-0.2, 0) is 0 Å². The Morgan fingerprint density at radius 1 is 1.44 bits per heavy atom. The van der Waals surface area contributed by atoms with Gasteiger partial charge in [-0.1, -0.05) is 19.1 Å². The summed E-state index contributed by atoms with van der Waals surface area (Å²) in [6, 6.07) is 7.84. The number of ether oxygens (including phenoxy) is 1. The van der Waals surface area contributed by atoms with Gasteiger partial charge in [0.1, 0.15) is 18.5 Å². The molecule has 1 aromatic rings. The number of nitrogens with one attached hydrogen (secondary N) is 1. The molecule has 0 aliphatic heterocycles. The first kappa shape index (κ1) is 13.0. The molecule has 16 heavy (non-hydrogen) atoms. The second kappa shape index (κ2) is 7.25. The van der Waals surface area contributed by atoms with Gasteiger partial charge in [0.25, 0.3) is 0 Å². The lowest BCUT2D eigenvalue weighted by Crippen LogP contribution is -2.31. The van der Waals surface area contributed by atoms with Crippen LogP contribution in [0.15, 0.2) is 24.3 Å². The minimum absolute atomic E-state index is 0.333. The van der Waals surface area contributed by atoms with Gasteiger partial charge < -0.3 is 15.2 Å². The fourth-order valence-corrected chi connectivity index (χ4v) is 1.40. The summed E-state index contributed by atoms with van der Waals surface area (Å²) in [6.45, 7) is 5.97. The van der Waals surface area contributed by atoms with Gasteiger partial charge in [-0.05, 0) is 37.6 Å². The Labute approximate surface area is 97.4 Å². The van der Waals surface area contributed by atoms with E-state index in [0.29, 0.717) is 13.2 Å². The molecule has 0 aliphatic rings. The first-order valence-corrected chi connectivity index (χ1v) is 5.80. The average molecular weight is 223 g/mol. The summed E-state index contributed by atoms with van der Waals surface area (Å²) < 4.78 is 5.49. The molecule has 0 heterocycles. The third kappa shape index (κ3) is 5.14. The van der Waals surface area contributed by atoms with Gasteiger partial charge in [0.15, 0.2) is 0 Å². The van der Waals surface area contributed by atoms with E-state index >= 15 is 0 Å². The molecule has 1 rings (SSSR count). The molecule has 1 aromatic carbocycles. The molecular weight excluding hydrogens is 202 g/mol. The van der Waals surface area contributed by atoms with E-state index in [0.717, 1.165) is 24.3 Å². The van der Waals surface area contributed by atoms with Crippen molar-refractivity contribution in [2.75, 3.05) is 19.7 Å². The molecule has 0 aromatic heterocycles. The summed E-state index contributed by atoms with van der Waals surface area (Å²) >= 11 is 0. The van der Waals surface area contributed by atoms with Gasteiger partial charge >= 0.3 is 0 Å². The van der Waals surface area contributed by atoms with Crippen LogP contribution >= 0.6 is 0 Å². The molecule has 0 amide bonds.